The third-order valence-electron chi connectivity index (χ3n) is 1.82. The highest BCUT2D eigenvalue weighted by molar-refractivity contribution is 14.1. The van der Waals surface area contributed by atoms with E-state index >= 15 is 0 Å². The normalized spacial score (nSPS) is 9.50. The van der Waals surface area contributed by atoms with Crippen molar-refractivity contribution in [3.8, 4) is 11.8 Å². The molecule has 74 valence electrons. The van der Waals surface area contributed by atoms with Crippen molar-refractivity contribution in [3.63, 3.8) is 0 Å². The molecular formula is C11H12INO. The molecule has 0 aliphatic carbocycles. The molecule has 0 aliphatic heterocycles. The number of nitrogens with zero attached hydrogens (tertiary/aromatic N) is 1. The van der Waals surface area contributed by atoms with Crippen LogP contribution in [-0.4, -0.2) is 6.61 Å². The lowest BCUT2D eigenvalue weighted by Crippen LogP contribution is -1.98. The first kappa shape index (κ1) is 11.3. The monoisotopic (exact) mass is 301 g/mol. The van der Waals surface area contributed by atoms with Gasteiger partial charge in [-0.1, -0.05) is 13.3 Å². The van der Waals surface area contributed by atoms with Crippen molar-refractivity contribution in [1.82, 2.24) is 0 Å². The summed E-state index contributed by atoms with van der Waals surface area (Å²) >= 11 is 2.21. The van der Waals surface area contributed by atoms with Crippen LogP contribution in [0.15, 0.2) is 18.2 Å². The Kier molecular flexibility index (Phi) is 4.74. The summed E-state index contributed by atoms with van der Waals surface area (Å²) in [4.78, 5) is 0. The topological polar surface area (TPSA) is 33.0 Å². The molecule has 0 amide bonds. The van der Waals surface area contributed by atoms with Crippen LogP contribution in [0.3, 0.4) is 0 Å². The van der Waals surface area contributed by atoms with E-state index in [0.29, 0.717) is 17.9 Å². The number of nitriles is 1. The Hall–Kier alpha value is -0.760. The predicted molar refractivity (Wildman–Crippen MR) is 64.3 cm³/mol. The third-order valence-corrected chi connectivity index (χ3v) is 2.49. The summed E-state index contributed by atoms with van der Waals surface area (Å²) in [6.45, 7) is 2.80. The summed E-state index contributed by atoms with van der Waals surface area (Å²) in [6.07, 6.45) is 2.13. The fourth-order valence-corrected chi connectivity index (χ4v) is 1.50. The second-order valence-electron chi connectivity index (χ2n) is 2.95. The molecule has 1 rings (SSSR count). The first-order valence-electron chi connectivity index (χ1n) is 4.60. The van der Waals surface area contributed by atoms with Crippen LogP contribution >= 0.6 is 22.6 Å². The summed E-state index contributed by atoms with van der Waals surface area (Å²) in [7, 11) is 0. The smallest absolute Gasteiger partial charge is 0.138 e. The van der Waals surface area contributed by atoms with Gasteiger partial charge in [0.2, 0.25) is 0 Å². The lowest BCUT2D eigenvalue weighted by molar-refractivity contribution is 0.308. The Labute approximate surface area is 98.0 Å². The molecule has 0 spiro atoms. The van der Waals surface area contributed by atoms with Gasteiger partial charge in [-0.05, 0) is 47.2 Å². The number of rotatable bonds is 4. The van der Waals surface area contributed by atoms with Crippen LogP contribution in [0, 0.1) is 14.9 Å². The maximum Gasteiger partial charge on any atom is 0.138 e. The van der Waals surface area contributed by atoms with E-state index in [1.165, 1.54) is 0 Å². The van der Waals surface area contributed by atoms with Gasteiger partial charge in [-0.25, -0.2) is 0 Å². The molecule has 0 unspecified atom stereocenters. The van der Waals surface area contributed by atoms with E-state index in [9.17, 15) is 0 Å². The van der Waals surface area contributed by atoms with Crippen molar-refractivity contribution in [1.29, 1.82) is 5.26 Å². The summed E-state index contributed by atoms with van der Waals surface area (Å²) in [5.41, 5.74) is 0.613. The lowest BCUT2D eigenvalue weighted by atomic mass is 10.2. The van der Waals surface area contributed by atoms with E-state index in [1.807, 2.05) is 12.1 Å². The maximum absolute atomic E-state index is 8.83. The average molecular weight is 301 g/mol. The van der Waals surface area contributed by atoms with Crippen LogP contribution in [0.25, 0.3) is 0 Å². The fraction of sp³-hybridized carbons (Fsp3) is 0.364. The number of hydrogen-bond donors (Lipinski definition) is 0. The molecule has 0 saturated heterocycles. The Morgan fingerprint density at radius 3 is 2.93 bits per heavy atom. The third kappa shape index (κ3) is 3.18. The molecule has 1 aromatic rings. The highest BCUT2D eigenvalue weighted by Gasteiger charge is 2.02. The van der Waals surface area contributed by atoms with Gasteiger partial charge in [-0.15, -0.1) is 0 Å². The number of unbranched alkanes of at least 4 members (excludes halogenated alkanes) is 1. The van der Waals surface area contributed by atoms with Crippen LogP contribution in [0.4, 0.5) is 0 Å². The van der Waals surface area contributed by atoms with Crippen LogP contribution in [-0.2, 0) is 0 Å². The van der Waals surface area contributed by atoms with Gasteiger partial charge in [0, 0.05) is 3.57 Å². The van der Waals surface area contributed by atoms with E-state index in [0.717, 1.165) is 16.4 Å². The van der Waals surface area contributed by atoms with Crippen molar-refractivity contribution in [2.24, 2.45) is 0 Å². The zero-order valence-corrected chi connectivity index (χ0v) is 10.2. The largest absolute Gasteiger partial charge is 0.492 e. The highest BCUT2D eigenvalue weighted by atomic mass is 127. The Morgan fingerprint density at radius 2 is 2.29 bits per heavy atom. The minimum Gasteiger partial charge on any atom is -0.492 e. The number of hydrogen-bond acceptors (Lipinski definition) is 2. The van der Waals surface area contributed by atoms with Gasteiger partial charge in [-0.2, -0.15) is 5.26 Å². The number of benzene rings is 1. The molecule has 0 atom stereocenters. The van der Waals surface area contributed by atoms with Gasteiger partial charge in [0.05, 0.1) is 12.2 Å². The Bertz CT molecular complexity index is 344. The maximum atomic E-state index is 8.83. The SMILES string of the molecule is CCCCOc1cc(I)ccc1C#N. The molecule has 1 aromatic carbocycles. The van der Waals surface area contributed by atoms with Crippen molar-refractivity contribution >= 4 is 22.6 Å². The van der Waals surface area contributed by atoms with Gasteiger partial charge in [0.25, 0.3) is 0 Å². The molecular weight excluding hydrogens is 289 g/mol. The van der Waals surface area contributed by atoms with Crippen LogP contribution in [0.2, 0.25) is 0 Å². The van der Waals surface area contributed by atoms with E-state index in [4.69, 9.17) is 10.00 Å². The zero-order chi connectivity index (χ0) is 10.4. The summed E-state index contributed by atoms with van der Waals surface area (Å²) in [5, 5.41) is 8.83. The van der Waals surface area contributed by atoms with Gasteiger partial charge in [0.1, 0.15) is 11.8 Å². The summed E-state index contributed by atoms with van der Waals surface area (Å²) < 4.78 is 6.61. The Balaban J connectivity index is 2.73. The lowest BCUT2D eigenvalue weighted by Gasteiger charge is -2.07. The molecule has 14 heavy (non-hydrogen) atoms. The standard InChI is InChI=1S/C11H12INO/c1-2-3-6-14-11-7-10(12)5-4-9(11)8-13/h4-5,7H,2-3,6H2,1H3. The van der Waals surface area contributed by atoms with E-state index in [-0.39, 0.29) is 0 Å². The molecule has 0 fully saturated rings. The average Bonchev–Trinajstić information content (AvgIpc) is 2.19. The van der Waals surface area contributed by atoms with E-state index in [2.05, 4.69) is 35.6 Å². The van der Waals surface area contributed by atoms with Gasteiger partial charge in [0.15, 0.2) is 0 Å². The fourth-order valence-electron chi connectivity index (χ4n) is 1.03. The zero-order valence-electron chi connectivity index (χ0n) is 8.09. The van der Waals surface area contributed by atoms with Crippen molar-refractivity contribution < 1.29 is 4.74 Å². The molecule has 0 N–H and O–H groups in total. The minimum atomic E-state index is 0.613. The number of ether oxygens (including phenoxy) is 1. The van der Waals surface area contributed by atoms with Crippen molar-refractivity contribution in [3.05, 3.63) is 27.3 Å². The number of halogens is 1. The van der Waals surface area contributed by atoms with Crippen molar-refractivity contribution in [2.45, 2.75) is 19.8 Å². The van der Waals surface area contributed by atoms with Crippen LogP contribution in [0.1, 0.15) is 25.3 Å². The molecule has 2 nitrogen and oxygen atoms in total. The molecule has 0 aliphatic rings. The summed E-state index contributed by atoms with van der Waals surface area (Å²) in [6, 6.07) is 7.72. The van der Waals surface area contributed by atoms with Crippen molar-refractivity contribution in [2.75, 3.05) is 6.61 Å². The van der Waals surface area contributed by atoms with E-state index in [1.54, 1.807) is 6.07 Å². The van der Waals surface area contributed by atoms with Crippen LogP contribution < -0.4 is 4.74 Å². The van der Waals surface area contributed by atoms with Gasteiger partial charge >= 0.3 is 0 Å². The van der Waals surface area contributed by atoms with E-state index < -0.39 is 0 Å². The van der Waals surface area contributed by atoms with Crippen LogP contribution in [0.5, 0.6) is 5.75 Å². The first-order valence-corrected chi connectivity index (χ1v) is 5.68. The summed E-state index contributed by atoms with van der Waals surface area (Å²) in [5.74, 6) is 0.702. The molecule has 0 saturated carbocycles. The molecule has 0 heterocycles. The first-order chi connectivity index (χ1) is 6.77. The quantitative estimate of drug-likeness (QED) is 0.631. The Morgan fingerprint density at radius 1 is 1.50 bits per heavy atom. The molecule has 0 radical (unpaired) electrons. The molecule has 0 aromatic heterocycles. The van der Waals surface area contributed by atoms with Gasteiger partial charge < -0.3 is 4.74 Å². The second-order valence-corrected chi connectivity index (χ2v) is 4.20. The minimum absolute atomic E-state index is 0.613. The van der Waals surface area contributed by atoms with Gasteiger partial charge in [-0.3, -0.25) is 0 Å². The second kappa shape index (κ2) is 5.86. The highest BCUT2D eigenvalue weighted by Crippen LogP contribution is 2.20. The molecule has 0 bridgehead atoms. The predicted octanol–water partition coefficient (Wildman–Crippen LogP) is 3.34. The molecule has 3 heteroatoms.